The molecule has 0 aliphatic carbocycles. The molecule has 0 spiro atoms. The van der Waals surface area contributed by atoms with Gasteiger partial charge in [0, 0.05) is 33.5 Å². The molecule has 0 aliphatic heterocycles. The lowest BCUT2D eigenvalue weighted by Crippen LogP contribution is -2.22. The Labute approximate surface area is 198 Å². The Morgan fingerprint density at radius 2 is 1.97 bits per heavy atom. The summed E-state index contributed by atoms with van der Waals surface area (Å²) in [5.74, 6) is -0.170. The number of aryl methyl sites for hydroxylation is 1. The van der Waals surface area contributed by atoms with Crippen LogP contribution in [0.2, 0.25) is 25.7 Å². The van der Waals surface area contributed by atoms with Crippen LogP contribution in [0.1, 0.15) is 5.56 Å². The topological polar surface area (TPSA) is 100 Å². The molecule has 0 amide bonds. The summed E-state index contributed by atoms with van der Waals surface area (Å²) < 4.78 is 29.7. The second-order valence-corrected chi connectivity index (χ2v) is 15.0. The van der Waals surface area contributed by atoms with Crippen molar-refractivity contribution < 1.29 is 19.0 Å². The smallest absolute Gasteiger partial charge is 0.166 e. The van der Waals surface area contributed by atoms with Crippen molar-refractivity contribution in [3.05, 3.63) is 42.1 Å². The summed E-state index contributed by atoms with van der Waals surface area (Å²) >= 11 is 0. The highest BCUT2D eigenvalue weighted by atomic mass is 28.3. The van der Waals surface area contributed by atoms with Crippen molar-refractivity contribution in [1.29, 1.82) is 0 Å². The van der Waals surface area contributed by atoms with E-state index in [-0.39, 0.29) is 30.5 Å². The van der Waals surface area contributed by atoms with Crippen molar-refractivity contribution in [2.45, 2.75) is 39.0 Å². The number of methoxy groups -OCH3 is 1. The van der Waals surface area contributed by atoms with Gasteiger partial charge in [0.05, 0.1) is 31.7 Å². The van der Waals surface area contributed by atoms with Crippen LogP contribution in [0.25, 0.3) is 33.7 Å². The number of aliphatic hydroxyl groups is 1. The quantitative estimate of drug-likeness (QED) is 0.284. The van der Waals surface area contributed by atoms with Crippen molar-refractivity contribution in [2.24, 2.45) is 7.05 Å². The SMILES string of the molecule is COc1cc(CO)cc(F)c1-c1ncc2c(n1)c(-c1cnn(C)c1)nn2COCC[Si](C)(C)C. The van der Waals surface area contributed by atoms with Crippen LogP contribution in [0.4, 0.5) is 4.39 Å². The fraction of sp³-hybridized carbons (Fsp3) is 0.391. The summed E-state index contributed by atoms with van der Waals surface area (Å²) in [5.41, 5.74) is 3.13. The molecule has 1 N–H and O–H groups in total. The van der Waals surface area contributed by atoms with Gasteiger partial charge in [-0.3, -0.25) is 4.68 Å². The Morgan fingerprint density at radius 1 is 1.18 bits per heavy atom. The molecule has 1 aromatic carbocycles. The lowest BCUT2D eigenvalue weighted by molar-refractivity contribution is 0.0818. The number of nitrogens with zero attached hydrogens (tertiary/aromatic N) is 6. The molecule has 0 aliphatic rings. The van der Waals surface area contributed by atoms with Crippen LogP contribution in [0.15, 0.2) is 30.7 Å². The van der Waals surface area contributed by atoms with E-state index in [4.69, 9.17) is 14.6 Å². The number of aliphatic hydroxyl groups excluding tert-OH is 1. The molecule has 9 nitrogen and oxygen atoms in total. The van der Waals surface area contributed by atoms with Crippen molar-refractivity contribution in [1.82, 2.24) is 29.5 Å². The highest BCUT2D eigenvalue weighted by Gasteiger charge is 2.21. The van der Waals surface area contributed by atoms with Crippen LogP contribution in [0.5, 0.6) is 5.75 Å². The maximum Gasteiger partial charge on any atom is 0.166 e. The first kappa shape index (κ1) is 24.0. The molecule has 0 atom stereocenters. The summed E-state index contributed by atoms with van der Waals surface area (Å²) in [5, 5.41) is 18.4. The normalized spacial score (nSPS) is 12.0. The Morgan fingerprint density at radius 3 is 2.62 bits per heavy atom. The van der Waals surface area contributed by atoms with Gasteiger partial charge in [-0.05, 0) is 23.7 Å². The molecule has 0 unspecified atom stereocenters. The van der Waals surface area contributed by atoms with E-state index in [2.05, 4.69) is 34.7 Å². The molecule has 34 heavy (non-hydrogen) atoms. The average molecular weight is 485 g/mol. The molecule has 0 radical (unpaired) electrons. The molecule has 180 valence electrons. The molecule has 3 aromatic heterocycles. The number of ether oxygens (including phenoxy) is 2. The summed E-state index contributed by atoms with van der Waals surface area (Å²) in [4.78, 5) is 9.10. The largest absolute Gasteiger partial charge is 0.496 e. The number of aromatic nitrogens is 6. The Kier molecular flexibility index (Phi) is 6.78. The van der Waals surface area contributed by atoms with Gasteiger partial charge in [0.1, 0.15) is 35.0 Å². The summed E-state index contributed by atoms with van der Waals surface area (Å²) in [6, 6.07) is 3.87. The van der Waals surface area contributed by atoms with Gasteiger partial charge in [-0.1, -0.05) is 19.6 Å². The first-order valence-corrected chi connectivity index (χ1v) is 14.7. The standard InChI is InChI=1S/C23H29FN6O3Si/c1-29-12-16(10-26-29)21-22-18(30(28-21)14-33-6-7-34(3,4)5)11-25-23(27-22)20-17(24)8-15(13-31)9-19(20)32-2/h8-12,31H,6-7,13-14H2,1-5H3. The zero-order valence-electron chi connectivity index (χ0n) is 20.0. The number of benzene rings is 1. The minimum Gasteiger partial charge on any atom is -0.496 e. The Hall–Kier alpha value is -3.15. The van der Waals surface area contributed by atoms with Crippen molar-refractivity contribution in [2.75, 3.05) is 13.7 Å². The van der Waals surface area contributed by atoms with Crippen LogP contribution in [-0.2, 0) is 25.1 Å². The number of halogens is 1. The maximum absolute atomic E-state index is 15.0. The van der Waals surface area contributed by atoms with E-state index >= 15 is 0 Å². The minimum atomic E-state index is -1.21. The molecule has 0 saturated heterocycles. The van der Waals surface area contributed by atoms with Gasteiger partial charge in [0.25, 0.3) is 0 Å². The summed E-state index contributed by atoms with van der Waals surface area (Å²) in [6.45, 7) is 7.51. The predicted molar refractivity (Wildman–Crippen MR) is 129 cm³/mol. The lowest BCUT2D eigenvalue weighted by atomic mass is 10.1. The molecule has 0 saturated carbocycles. The van der Waals surface area contributed by atoms with E-state index in [1.54, 1.807) is 27.8 Å². The van der Waals surface area contributed by atoms with Gasteiger partial charge in [-0.2, -0.15) is 10.2 Å². The highest BCUT2D eigenvalue weighted by molar-refractivity contribution is 6.76. The number of hydrogen-bond acceptors (Lipinski definition) is 7. The Bertz CT molecular complexity index is 1310. The van der Waals surface area contributed by atoms with Crippen LogP contribution in [0.3, 0.4) is 0 Å². The van der Waals surface area contributed by atoms with E-state index < -0.39 is 13.9 Å². The van der Waals surface area contributed by atoms with Gasteiger partial charge in [0.2, 0.25) is 0 Å². The van der Waals surface area contributed by atoms with Crippen molar-refractivity contribution in [3.63, 3.8) is 0 Å². The number of fused-ring (bicyclic) bond motifs is 1. The van der Waals surface area contributed by atoms with E-state index in [0.717, 1.165) is 11.6 Å². The van der Waals surface area contributed by atoms with Gasteiger partial charge >= 0.3 is 0 Å². The third-order valence-electron chi connectivity index (χ3n) is 5.42. The Balaban J connectivity index is 1.78. The number of hydrogen-bond donors (Lipinski definition) is 1. The van der Waals surface area contributed by atoms with Gasteiger partial charge < -0.3 is 14.6 Å². The van der Waals surface area contributed by atoms with Crippen molar-refractivity contribution in [3.8, 4) is 28.4 Å². The second-order valence-electron chi connectivity index (χ2n) is 9.34. The fourth-order valence-electron chi connectivity index (χ4n) is 3.55. The van der Waals surface area contributed by atoms with E-state index in [9.17, 15) is 9.50 Å². The summed E-state index contributed by atoms with van der Waals surface area (Å²) in [6.07, 6.45) is 5.17. The van der Waals surface area contributed by atoms with Crippen LogP contribution in [-0.4, -0.2) is 56.4 Å². The van der Waals surface area contributed by atoms with Crippen LogP contribution >= 0.6 is 0 Å². The lowest BCUT2D eigenvalue weighted by Gasteiger charge is -2.15. The fourth-order valence-corrected chi connectivity index (χ4v) is 4.31. The molecular formula is C23H29FN6O3Si. The molecule has 4 rings (SSSR count). The average Bonchev–Trinajstić information content (AvgIpc) is 3.38. The van der Waals surface area contributed by atoms with E-state index in [0.29, 0.717) is 28.9 Å². The van der Waals surface area contributed by atoms with Crippen LogP contribution in [0, 0.1) is 5.82 Å². The molecule has 4 aromatic rings. The molecule has 0 fully saturated rings. The third-order valence-corrected chi connectivity index (χ3v) is 7.12. The second kappa shape index (κ2) is 9.61. The predicted octanol–water partition coefficient (Wildman–Crippen LogP) is 3.85. The minimum absolute atomic E-state index is 0.123. The molecular weight excluding hydrogens is 455 g/mol. The monoisotopic (exact) mass is 484 g/mol. The van der Waals surface area contributed by atoms with Gasteiger partial charge in [-0.25, -0.2) is 19.0 Å². The third kappa shape index (κ3) is 5.01. The van der Waals surface area contributed by atoms with Crippen molar-refractivity contribution >= 4 is 19.1 Å². The molecule has 0 bridgehead atoms. The molecule has 11 heteroatoms. The number of rotatable bonds is 9. The zero-order valence-corrected chi connectivity index (χ0v) is 21.0. The first-order valence-electron chi connectivity index (χ1n) is 11.0. The van der Waals surface area contributed by atoms with Crippen LogP contribution < -0.4 is 4.74 Å². The van der Waals surface area contributed by atoms with Gasteiger partial charge in [-0.15, -0.1) is 0 Å². The zero-order chi connectivity index (χ0) is 24.5. The highest BCUT2D eigenvalue weighted by Crippen LogP contribution is 2.34. The maximum atomic E-state index is 15.0. The van der Waals surface area contributed by atoms with E-state index in [1.807, 2.05) is 13.2 Å². The van der Waals surface area contributed by atoms with E-state index in [1.165, 1.54) is 13.2 Å². The first-order chi connectivity index (χ1) is 16.2. The summed E-state index contributed by atoms with van der Waals surface area (Å²) in [7, 11) is 2.05. The molecule has 3 heterocycles. The van der Waals surface area contributed by atoms with Gasteiger partial charge in [0.15, 0.2) is 5.82 Å².